The zero-order chi connectivity index (χ0) is 15.2. The normalized spacial score (nSPS) is 17.0. The minimum absolute atomic E-state index is 0.0795. The van der Waals surface area contributed by atoms with E-state index in [1.807, 2.05) is 0 Å². The van der Waals surface area contributed by atoms with Crippen LogP contribution in [-0.2, 0) is 6.42 Å². The van der Waals surface area contributed by atoms with Crippen LogP contribution in [-0.4, -0.2) is 19.0 Å². The lowest BCUT2D eigenvalue weighted by atomic mass is 9.90. The van der Waals surface area contributed by atoms with Gasteiger partial charge in [0, 0.05) is 18.2 Å². The first-order chi connectivity index (χ1) is 10.2. The Morgan fingerprint density at radius 3 is 2.86 bits per heavy atom. The lowest BCUT2D eigenvalue weighted by molar-refractivity contribution is 0.0946. The van der Waals surface area contributed by atoms with Crippen molar-refractivity contribution in [3.8, 4) is 0 Å². The Kier molecular flexibility index (Phi) is 5.80. The second kappa shape index (κ2) is 7.60. The summed E-state index contributed by atoms with van der Waals surface area (Å²) in [6.45, 7) is 8.50. The minimum Gasteiger partial charge on any atom is -0.352 e. The average molecular weight is 288 g/mol. The number of fused-ring (bicyclic) bond motifs is 1. The number of rotatable bonds is 7. The zero-order valence-corrected chi connectivity index (χ0v) is 13.5. The maximum Gasteiger partial charge on any atom is 0.251 e. The van der Waals surface area contributed by atoms with Crippen molar-refractivity contribution in [3.05, 3.63) is 34.9 Å². The molecule has 1 amide bonds. The van der Waals surface area contributed by atoms with Crippen LogP contribution in [0.15, 0.2) is 18.2 Å². The molecule has 0 aliphatic carbocycles. The topological polar surface area (TPSA) is 41.1 Å². The fourth-order valence-corrected chi connectivity index (χ4v) is 2.87. The molecule has 3 nitrogen and oxygen atoms in total. The highest BCUT2D eigenvalue weighted by Gasteiger charge is 2.20. The second-order valence-corrected chi connectivity index (χ2v) is 6.18. The Labute approximate surface area is 128 Å². The van der Waals surface area contributed by atoms with Crippen LogP contribution in [0.1, 0.15) is 67.6 Å². The number of carbonyl (C=O) groups is 1. The third kappa shape index (κ3) is 4.07. The molecule has 21 heavy (non-hydrogen) atoms. The van der Waals surface area contributed by atoms with Crippen molar-refractivity contribution in [3.63, 3.8) is 0 Å². The lowest BCUT2D eigenvalue weighted by Gasteiger charge is -2.24. The predicted molar refractivity (Wildman–Crippen MR) is 87.6 cm³/mol. The van der Waals surface area contributed by atoms with Crippen LogP contribution < -0.4 is 10.6 Å². The Hall–Kier alpha value is -1.35. The summed E-state index contributed by atoms with van der Waals surface area (Å²) in [6.07, 6.45) is 4.38. The van der Waals surface area contributed by atoms with Crippen molar-refractivity contribution < 1.29 is 4.79 Å². The van der Waals surface area contributed by atoms with Crippen LogP contribution in [0, 0.1) is 5.92 Å². The van der Waals surface area contributed by atoms with Gasteiger partial charge in [-0.2, -0.15) is 0 Å². The summed E-state index contributed by atoms with van der Waals surface area (Å²) in [5.41, 5.74) is 3.30. The fourth-order valence-electron chi connectivity index (χ4n) is 2.87. The minimum atomic E-state index is 0.0795. The van der Waals surface area contributed by atoms with E-state index in [4.69, 9.17) is 0 Å². The van der Waals surface area contributed by atoms with Crippen molar-refractivity contribution in [1.82, 2.24) is 10.6 Å². The number of carbonyl (C=O) groups excluding carboxylic acids is 1. The van der Waals surface area contributed by atoms with Crippen LogP contribution in [0.5, 0.6) is 0 Å². The Morgan fingerprint density at radius 1 is 1.33 bits per heavy atom. The predicted octanol–water partition coefficient (Wildman–Crippen LogP) is 3.45. The van der Waals surface area contributed by atoms with Crippen molar-refractivity contribution in [2.24, 2.45) is 5.92 Å². The first kappa shape index (κ1) is 16.0. The Bertz CT molecular complexity index is 484. The van der Waals surface area contributed by atoms with Crippen molar-refractivity contribution >= 4 is 5.91 Å². The molecule has 1 aliphatic heterocycles. The monoisotopic (exact) mass is 288 g/mol. The summed E-state index contributed by atoms with van der Waals surface area (Å²) in [5.74, 6) is 0.764. The highest BCUT2D eigenvalue weighted by atomic mass is 16.1. The quantitative estimate of drug-likeness (QED) is 0.807. The van der Waals surface area contributed by atoms with Gasteiger partial charge in [-0.1, -0.05) is 39.3 Å². The molecule has 2 unspecified atom stereocenters. The summed E-state index contributed by atoms with van der Waals surface area (Å²) in [6, 6.07) is 6.78. The van der Waals surface area contributed by atoms with Crippen molar-refractivity contribution in [2.45, 2.75) is 52.5 Å². The molecule has 0 fully saturated rings. The number of amides is 1. The van der Waals surface area contributed by atoms with Gasteiger partial charge < -0.3 is 10.6 Å². The molecular weight excluding hydrogens is 260 g/mol. The number of nitrogens with one attached hydrogen (secondary N) is 2. The molecule has 3 heteroatoms. The second-order valence-electron chi connectivity index (χ2n) is 6.18. The summed E-state index contributed by atoms with van der Waals surface area (Å²) in [4.78, 5) is 12.0. The van der Waals surface area contributed by atoms with Crippen molar-refractivity contribution in [2.75, 3.05) is 13.1 Å². The molecule has 0 bridgehead atoms. The van der Waals surface area contributed by atoms with E-state index in [0.29, 0.717) is 12.0 Å². The van der Waals surface area contributed by atoms with Crippen LogP contribution in [0.3, 0.4) is 0 Å². The van der Waals surface area contributed by atoms with E-state index in [2.05, 4.69) is 49.6 Å². The highest BCUT2D eigenvalue weighted by molar-refractivity contribution is 5.96. The van der Waals surface area contributed by atoms with Crippen LogP contribution >= 0.6 is 0 Å². The van der Waals surface area contributed by atoms with E-state index in [-0.39, 0.29) is 5.91 Å². The molecule has 1 aromatic rings. The summed E-state index contributed by atoms with van der Waals surface area (Å²) < 4.78 is 0. The van der Waals surface area contributed by atoms with Gasteiger partial charge in [-0.05, 0) is 48.9 Å². The lowest BCUT2D eigenvalue weighted by Crippen LogP contribution is -2.32. The van der Waals surface area contributed by atoms with E-state index in [9.17, 15) is 4.79 Å². The fraction of sp³-hybridized carbons (Fsp3) is 0.611. The van der Waals surface area contributed by atoms with Crippen molar-refractivity contribution in [1.29, 1.82) is 0 Å². The number of hydrogen-bond donors (Lipinski definition) is 2. The van der Waals surface area contributed by atoms with E-state index in [0.717, 1.165) is 37.9 Å². The van der Waals surface area contributed by atoms with E-state index < -0.39 is 0 Å². The third-order valence-corrected chi connectivity index (χ3v) is 4.44. The molecule has 0 aromatic heterocycles. The van der Waals surface area contributed by atoms with Gasteiger partial charge in [0.2, 0.25) is 0 Å². The molecule has 0 saturated heterocycles. The van der Waals surface area contributed by atoms with Crippen LogP contribution in [0.2, 0.25) is 0 Å². The third-order valence-electron chi connectivity index (χ3n) is 4.44. The zero-order valence-electron chi connectivity index (χ0n) is 13.5. The Morgan fingerprint density at radius 2 is 2.14 bits per heavy atom. The maximum absolute atomic E-state index is 12.0. The van der Waals surface area contributed by atoms with Gasteiger partial charge >= 0.3 is 0 Å². The summed E-state index contributed by atoms with van der Waals surface area (Å²) in [7, 11) is 0. The van der Waals surface area contributed by atoms with Gasteiger partial charge in [0.15, 0.2) is 0 Å². The van der Waals surface area contributed by atoms with E-state index >= 15 is 0 Å². The molecule has 2 N–H and O–H groups in total. The van der Waals surface area contributed by atoms with Crippen LogP contribution in [0.4, 0.5) is 0 Å². The van der Waals surface area contributed by atoms with Gasteiger partial charge in [-0.15, -0.1) is 0 Å². The molecule has 1 aliphatic rings. The van der Waals surface area contributed by atoms with Crippen LogP contribution in [0.25, 0.3) is 0 Å². The van der Waals surface area contributed by atoms with Gasteiger partial charge in [0.05, 0.1) is 0 Å². The van der Waals surface area contributed by atoms with Gasteiger partial charge in [-0.3, -0.25) is 4.79 Å². The molecule has 0 saturated carbocycles. The van der Waals surface area contributed by atoms with E-state index in [1.165, 1.54) is 17.5 Å². The average Bonchev–Trinajstić information content (AvgIpc) is 2.51. The summed E-state index contributed by atoms with van der Waals surface area (Å²) in [5, 5.41) is 6.58. The molecular formula is C18H28N2O. The van der Waals surface area contributed by atoms with Gasteiger partial charge in [0.25, 0.3) is 5.91 Å². The molecule has 1 heterocycles. The molecule has 2 atom stereocenters. The first-order valence-corrected chi connectivity index (χ1v) is 8.30. The summed E-state index contributed by atoms with van der Waals surface area (Å²) >= 11 is 0. The number of hydrogen-bond acceptors (Lipinski definition) is 2. The largest absolute Gasteiger partial charge is 0.352 e. The highest BCUT2D eigenvalue weighted by Crippen LogP contribution is 2.26. The molecule has 0 spiro atoms. The standard InChI is InChI=1S/C18H28N2O/c1-4-9-19-17(11-13(3)5-2)15-7-6-14-8-10-20-18(21)16(14)12-15/h6-7,12-13,17,19H,4-5,8-11H2,1-3H3,(H,20,21). The maximum atomic E-state index is 12.0. The van der Waals surface area contributed by atoms with Gasteiger partial charge in [0.1, 0.15) is 0 Å². The molecule has 1 aromatic carbocycles. The molecule has 0 radical (unpaired) electrons. The SMILES string of the molecule is CCCNC(CC(C)CC)c1ccc2c(c1)C(=O)NCC2. The Balaban J connectivity index is 2.22. The van der Waals surface area contributed by atoms with E-state index in [1.54, 1.807) is 0 Å². The van der Waals surface area contributed by atoms with Gasteiger partial charge in [-0.25, -0.2) is 0 Å². The smallest absolute Gasteiger partial charge is 0.251 e. The first-order valence-electron chi connectivity index (χ1n) is 8.30. The number of benzene rings is 1. The molecule has 2 rings (SSSR count). The molecule has 116 valence electrons.